The van der Waals surface area contributed by atoms with E-state index in [1.807, 2.05) is 19.4 Å². The zero-order valence-electron chi connectivity index (χ0n) is 12.1. The Morgan fingerprint density at radius 2 is 2.00 bits per heavy atom. The summed E-state index contributed by atoms with van der Waals surface area (Å²) >= 11 is 0. The van der Waals surface area contributed by atoms with E-state index in [-0.39, 0.29) is 5.69 Å². The van der Waals surface area contributed by atoms with Crippen molar-refractivity contribution in [2.24, 2.45) is 0 Å². The van der Waals surface area contributed by atoms with Crippen molar-refractivity contribution in [3.8, 4) is 5.75 Å². The fraction of sp³-hybridized carbons (Fsp3) is 0.400. The summed E-state index contributed by atoms with van der Waals surface area (Å²) in [6.07, 6.45) is 7.00. The molecule has 0 aliphatic carbocycles. The van der Waals surface area contributed by atoms with Crippen LogP contribution in [-0.2, 0) is 6.54 Å². The van der Waals surface area contributed by atoms with E-state index >= 15 is 0 Å². The number of ether oxygens (including phenoxy) is 1. The van der Waals surface area contributed by atoms with Gasteiger partial charge >= 0.3 is 0 Å². The second kappa shape index (κ2) is 7.42. The zero-order chi connectivity index (χ0) is 15.1. The van der Waals surface area contributed by atoms with Gasteiger partial charge in [-0.25, -0.2) is 4.98 Å². The van der Waals surface area contributed by atoms with Gasteiger partial charge < -0.3 is 9.30 Å². The summed E-state index contributed by atoms with van der Waals surface area (Å²) in [5, 5.41) is 10.5. The number of non-ortho nitro benzene ring substituents is 1. The standard InChI is InChI=1S/C15H19N3O3/c1-13-11-17(12-16-13)9-3-2-4-10-21-15-7-5-14(6-8-15)18(19)20/h5-8,11-12H,2-4,9-10H2,1H3. The number of imidazole rings is 1. The highest BCUT2D eigenvalue weighted by molar-refractivity contribution is 5.35. The number of hydrogen-bond donors (Lipinski definition) is 0. The van der Waals surface area contributed by atoms with Gasteiger partial charge in [-0.1, -0.05) is 0 Å². The molecule has 2 rings (SSSR count). The molecule has 21 heavy (non-hydrogen) atoms. The number of benzene rings is 1. The predicted molar refractivity (Wildman–Crippen MR) is 79.4 cm³/mol. The van der Waals surface area contributed by atoms with Crippen LogP contribution in [0, 0.1) is 17.0 Å². The Balaban J connectivity index is 1.60. The Kier molecular flexibility index (Phi) is 5.31. The number of aryl methyl sites for hydroxylation is 2. The van der Waals surface area contributed by atoms with Gasteiger partial charge in [-0.15, -0.1) is 0 Å². The van der Waals surface area contributed by atoms with Gasteiger partial charge in [-0.05, 0) is 38.3 Å². The molecule has 2 aromatic rings. The lowest BCUT2D eigenvalue weighted by Crippen LogP contribution is -1.99. The summed E-state index contributed by atoms with van der Waals surface area (Å²) in [5.41, 5.74) is 1.12. The topological polar surface area (TPSA) is 70.2 Å². The normalized spacial score (nSPS) is 10.5. The molecule has 0 saturated heterocycles. The summed E-state index contributed by atoms with van der Waals surface area (Å²) < 4.78 is 7.65. The molecule has 0 saturated carbocycles. The Hall–Kier alpha value is -2.37. The molecule has 0 atom stereocenters. The summed E-state index contributed by atoms with van der Waals surface area (Å²) in [5.74, 6) is 0.672. The van der Waals surface area contributed by atoms with Gasteiger partial charge in [0.15, 0.2) is 0 Å². The average Bonchev–Trinajstić information content (AvgIpc) is 2.89. The van der Waals surface area contributed by atoms with Crippen molar-refractivity contribution >= 4 is 5.69 Å². The Morgan fingerprint density at radius 3 is 2.62 bits per heavy atom. The summed E-state index contributed by atoms with van der Waals surface area (Å²) in [6.45, 7) is 3.58. The molecule has 1 aromatic carbocycles. The first-order valence-electron chi connectivity index (χ1n) is 7.01. The van der Waals surface area contributed by atoms with Crippen LogP contribution >= 0.6 is 0 Å². The number of rotatable bonds is 8. The van der Waals surface area contributed by atoms with E-state index in [9.17, 15) is 10.1 Å². The minimum atomic E-state index is -0.415. The highest BCUT2D eigenvalue weighted by Crippen LogP contribution is 2.17. The molecular weight excluding hydrogens is 270 g/mol. The lowest BCUT2D eigenvalue weighted by atomic mass is 10.2. The third kappa shape index (κ3) is 4.91. The first-order chi connectivity index (χ1) is 10.1. The third-order valence-electron chi connectivity index (χ3n) is 3.14. The van der Waals surface area contributed by atoms with Crippen LogP contribution < -0.4 is 4.74 Å². The van der Waals surface area contributed by atoms with Gasteiger partial charge in [0.2, 0.25) is 0 Å². The SMILES string of the molecule is Cc1cn(CCCCCOc2ccc([N+](=O)[O-])cc2)cn1. The predicted octanol–water partition coefficient (Wildman–Crippen LogP) is 3.35. The van der Waals surface area contributed by atoms with Crippen LogP contribution in [0.25, 0.3) is 0 Å². The minimum absolute atomic E-state index is 0.0815. The van der Waals surface area contributed by atoms with Gasteiger partial charge in [-0.2, -0.15) is 0 Å². The maximum absolute atomic E-state index is 10.5. The molecule has 0 aliphatic rings. The van der Waals surface area contributed by atoms with Gasteiger partial charge in [0.1, 0.15) is 5.75 Å². The molecule has 0 amide bonds. The maximum atomic E-state index is 10.5. The molecule has 0 radical (unpaired) electrons. The van der Waals surface area contributed by atoms with Crippen LogP contribution in [-0.4, -0.2) is 21.1 Å². The summed E-state index contributed by atoms with van der Waals surface area (Å²) in [4.78, 5) is 14.3. The first kappa shape index (κ1) is 15.0. The number of aromatic nitrogens is 2. The summed E-state index contributed by atoms with van der Waals surface area (Å²) in [7, 11) is 0. The van der Waals surface area contributed by atoms with Crippen LogP contribution in [0.3, 0.4) is 0 Å². The molecule has 6 heteroatoms. The molecule has 0 bridgehead atoms. The van der Waals surface area contributed by atoms with Crippen LogP contribution in [0.1, 0.15) is 25.0 Å². The molecular formula is C15H19N3O3. The number of hydrogen-bond acceptors (Lipinski definition) is 4. The number of unbranched alkanes of at least 4 members (excludes halogenated alkanes) is 2. The van der Waals surface area contributed by atoms with E-state index in [0.29, 0.717) is 12.4 Å². The smallest absolute Gasteiger partial charge is 0.269 e. The second-order valence-corrected chi connectivity index (χ2v) is 4.91. The van der Waals surface area contributed by atoms with Gasteiger partial charge in [0, 0.05) is 24.9 Å². The van der Waals surface area contributed by atoms with E-state index in [1.54, 1.807) is 12.1 Å². The van der Waals surface area contributed by atoms with E-state index < -0.39 is 4.92 Å². The Morgan fingerprint density at radius 1 is 1.24 bits per heavy atom. The molecule has 0 fully saturated rings. The summed E-state index contributed by atoms with van der Waals surface area (Å²) in [6, 6.07) is 6.17. The van der Waals surface area contributed by atoms with Crippen LogP contribution in [0.5, 0.6) is 5.75 Å². The average molecular weight is 289 g/mol. The highest BCUT2D eigenvalue weighted by Gasteiger charge is 2.04. The minimum Gasteiger partial charge on any atom is -0.494 e. The number of nitro benzene ring substituents is 1. The van der Waals surface area contributed by atoms with Gasteiger partial charge in [0.25, 0.3) is 5.69 Å². The Labute approximate surface area is 123 Å². The Bertz CT molecular complexity index is 578. The quantitative estimate of drug-likeness (QED) is 0.424. The third-order valence-corrected chi connectivity index (χ3v) is 3.14. The molecule has 0 aliphatic heterocycles. The molecule has 6 nitrogen and oxygen atoms in total. The van der Waals surface area contributed by atoms with Crippen molar-refractivity contribution in [3.05, 3.63) is 52.6 Å². The van der Waals surface area contributed by atoms with Crippen molar-refractivity contribution in [1.82, 2.24) is 9.55 Å². The molecule has 0 spiro atoms. The van der Waals surface area contributed by atoms with Crippen molar-refractivity contribution in [2.45, 2.75) is 32.7 Å². The van der Waals surface area contributed by atoms with E-state index in [4.69, 9.17) is 4.74 Å². The molecule has 0 unspecified atom stereocenters. The van der Waals surface area contributed by atoms with Gasteiger partial charge in [-0.3, -0.25) is 10.1 Å². The van der Waals surface area contributed by atoms with E-state index in [0.717, 1.165) is 31.5 Å². The number of nitro groups is 1. The fourth-order valence-corrected chi connectivity index (χ4v) is 2.02. The molecule has 1 aromatic heterocycles. The largest absolute Gasteiger partial charge is 0.494 e. The van der Waals surface area contributed by atoms with Crippen molar-refractivity contribution < 1.29 is 9.66 Å². The van der Waals surface area contributed by atoms with Gasteiger partial charge in [0.05, 0.1) is 23.6 Å². The molecule has 0 N–H and O–H groups in total. The monoisotopic (exact) mass is 289 g/mol. The lowest BCUT2D eigenvalue weighted by molar-refractivity contribution is -0.384. The number of nitrogens with zero attached hydrogens (tertiary/aromatic N) is 3. The van der Waals surface area contributed by atoms with Crippen LogP contribution in [0.2, 0.25) is 0 Å². The zero-order valence-corrected chi connectivity index (χ0v) is 12.1. The van der Waals surface area contributed by atoms with Crippen molar-refractivity contribution in [2.75, 3.05) is 6.61 Å². The lowest BCUT2D eigenvalue weighted by Gasteiger charge is -2.06. The fourth-order valence-electron chi connectivity index (χ4n) is 2.02. The van der Waals surface area contributed by atoms with E-state index in [1.165, 1.54) is 12.1 Å². The van der Waals surface area contributed by atoms with Crippen LogP contribution in [0.4, 0.5) is 5.69 Å². The first-order valence-corrected chi connectivity index (χ1v) is 7.01. The molecule has 112 valence electrons. The highest BCUT2D eigenvalue weighted by atomic mass is 16.6. The maximum Gasteiger partial charge on any atom is 0.269 e. The second-order valence-electron chi connectivity index (χ2n) is 4.91. The van der Waals surface area contributed by atoms with E-state index in [2.05, 4.69) is 9.55 Å². The van der Waals surface area contributed by atoms with Crippen LogP contribution in [0.15, 0.2) is 36.8 Å². The molecule has 1 heterocycles. The van der Waals surface area contributed by atoms with Crippen molar-refractivity contribution in [1.29, 1.82) is 0 Å². The van der Waals surface area contributed by atoms with Crippen molar-refractivity contribution in [3.63, 3.8) is 0 Å².